The van der Waals surface area contributed by atoms with E-state index >= 15 is 0 Å². The number of nitriles is 1. The van der Waals surface area contributed by atoms with Crippen molar-refractivity contribution in [3.05, 3.63) is 45.3 Å². The van der Waals surface area contributed by atoms with Gasteiger partial charge in [0.1, 0.15) is 11.1 Å². The second-order valence-corrected chi connectivity index (χ2v) is 10.4. The van der Waals surface area contributed by atoms with Crippen LogP contribution < -0.4 is 5.32 Å². The summed E-state index contributed by atoms with van der Waals surface area (Å²) >= 11 is 7.00. The van der Waals surface area contributed by atoms with Crippen LogP contribution in [-0.4, -0.2) is 44.2 Å². The molecule has 2 amide bonds. The number of hydrogen-bond donors (Lipinski definition) is 1. The molecular formula is C20H20ClN3O5S2. The maximum Gasteiger partial charge on any atom is 0.410 e. The minimum Gasteiger partial charge on any atom is -0.450 e. The van der Waals surface area contributed by atoms with E-state index < -0.39 is 21.8 Å². The number of hydrogen-bond acceptors (Lipinski definition) is 7. The number of carbonyl (C=O) groups is 2. The molecule has 0 spiro atoms. The summed E-state index contributed by atoms with van der Waals surface area (Å²) in [6.45, 7) is 2.72. The second-order valence-electron chi connectivity index (χ2n) is 6.76. The summed E-state index contributed by atoms with van der Waals surface area (Å²) in [6, 6.07) is 7.85. The van der Waals surface area contributed by atoms with Gasteiger partial charge in [-0.25, -0.2) is 13.2 Å². The Morgan fingerprint density at radius 2 is 2.03 bits per heavy atom. The van der Waals surface area contributed by atoms with Crippen molar-refractivity contribution < 1.29 is 22.7 Å². The van der Waals surface area contributed by atoms with Crippen molar-refractivity contribution >= 4 is 49.8 Å². The lowest BCUT2D eigenvalue weighted by Crippen LogP contribution is -2.35. The van der Waals surface area contributed by atoms with Crippen molar-refractivity contribution in [3.8, 4) is 6.07 Å². The molecule has 0 saturated carbocycles. The Morgan fingerprint density at radius 1 is 1.32 bits per heavy atom. The van der Waals surface area contributed by atoms with Crippen molar-refractivity contribution in [2.24, 2.45) is 0 Å². The Morgan fingerprint density at radius 3 is 2.68 bits per heavy atom. The molecule has 0 unspecified atom stereocenters. The van der Waals surface area contributed by atoms with E-state index in [1.165, 1.54) is 35.6 Å². The summed E-state index contributed by atoms with van der Waals surface area (Å²) in [6.07, 6.45) is -0.195. The smallest absolute Gasteiger partial charge is 0.410 e. The predicted octanol–water partition coefficient (Wildman–Crippen LogP) is 3.59. The number of anilines is 1. The summed E-state index contributed by atoms with van der Waals surface area (Å²) in [7, 11) is -3.64. The first-order chi connectivity index (χ1) is 14.7. The molecule has 0 radical (unpaired) electrons. The van der Waals surface area contributed by atoms with Crippen LogP contribution in [0.4, 0.5) is 9.80 Å². The maximum absolute atomic E-state index is 12.4. The number of rotatable bonds is 6. The van der Waals surface area contributed by atoms with Gasteiger partial charge in [-0.15, -0.1) is 11.3 Å². The highest BCUT2D eigenvalue weighted by molar-refractivity contribution is 7.91. The first-order valence-electron chi connectivity index (χ1n) is 9.49. The lowest BCUT2D eigenvalue weighted by Gasteiger charge is -2.25. The fourth-order valence-electron chi connectivity index (χ4n) is 3.16. The van der Waals surface area contributed by atoms with E-state index in [2.05, 4.69) is 11.4 Å². The van der Waals surface area contributed by atoms with Crippen LogP contribution in [0.25, 0.3) is 0 Å². The number of ether oxygens (including phenoxy) is 1. The highest BCUT2D eigenvalue weighted by Crippen LogP contribution is 2.37. The van der Waals surface area contributed by atoms with E-state index in [-0.39, 0.29) is 23.7 Å². The second kappa shape index (κ2) is 9.68. The molecule has 1 aliphatic rings. The quantitative estimate of drug-likeness (QED) is 0.673. The zero-order valence-electron chi connectivity index (χ0n) is 16.7. The number of sulfone groups is 1. The van der Waals surface area contributed by atoms with Gasteiger partial charge in [0, 0.05) is 22.9 Å². The predicted molar refractivity (Wildman–Crippen MR) is 117 cm³/mol. The van der Waals surface area contributed by atoms with Crippen LogP contribution in [0, 0.1) is 11.3 Å². The summed E-state index contributed by atoms with van der Waals surface area (Å²) in [4.78, 5) is 26.8. The third kappa shape index (κ3) is 5.36. The Balaban J connectivity index is 1.67. The van der Waals surface area contributed by atoms with Crippen LogP contribution in [0.1, 0.15) is 29.3 Å². The van der Waals surface area contributed by atoms with Gasteiger partial charge in [-0.2, -0.15) is 5.26 Å². The maximum atomic E-state index is 12.4. The van der Waals surface area contributed by atoms with Gasteiger partial charge < -0.3 is 15.0 Å². The minimum absolute atomic E-state index is 0.0908. The van der Waals surface area contributed by atoms with Gasteiger partial charge in [0.15, 0.2) is 9.84 Å². The monoisotopic (exact) mass is 481 g/mol. The highest BCUT2D eigenvalue weighted by atomic mass is 35.5. The summed E-state index contributed by atoms with van der Waals surface area (Å²) in [5.41, 5.74) is 1.16. The van der Waals surface area contributed by atoms with Crippen LogP contribution in [0.5, 0.6) is 0 Å². The van der Waals surface area contributed by atoms with Crippen molar-refractivity contribution in [1.29, 1.82) is 5.26 Å². The molecule has 1 aliphatic heterocycles. The first-order valence-corrected chi connectivity index (χ1v) is 12.3. The molecule has 0 bridgehead atoms. The lowest BCUT2D eigenvalue weighted by atomic mass is 10.0. The molecule has 1 N–H and O–H groups in total. The Hall–Kier alpha value is -2.61. The third-order valence-corrected chi connectivity index (χ3v) is 7.83. The molecule has 11 heteroatoms. The zero-order chi connectivity index (χ0) is 22.6. The van der Waals surface area contributed by atoms with Crippen molar-refractivity contribution in [2.45, 2.75) is 31.2 Å². The number of halogens is 1. The molecule has 1 aromatic carbocycles. The van der Waals surface area contributed by atoms with Crippen LogP contribution in [0.15, 0.2) is 29.2 Å². The molecule has 0 fully saturated rings. The standard InChI is InChI=1S/C20H20ClN3O5S2/c1-2-29-20(26)24-9-7-15-16(11-22)19(30-17(15)12-24)23-18(25)8-10-31(27,28)14-5-3-13(21)4-6-14/h3-6H,2,7-10,12H2,1H3,(H,23,25). The molecule has 0 atom stereocenters. The zero-order valence-corrected chi connectivity index (χ0v) is 19.1. The van der Waals surface area contributed by atoms with E-state index in [0.717, 1.165) is 10.4 Å². The molecule has 8 nitrogen and oxygen atoms in total. The van der Waals surface area contributed by atoms with Crippen LogP contribution in [0.2, 0.25) is 5.02 Å². The van der Waals surface area contributed by atoms with Crippen LogP contribution >= 0.6 is 22.9 Å². The molecule has 0 saturated heterocycles. The molecular weight excluding hydrogens is 462 g/mol. The van der Waals surface area contributed by atoms with Crippen LogP contribution in [0.3, 0.4) is 0 Å². The number of nitrogens with zero attached hydrogens (tertiary/aromatic N) is 2. The molecule has 1 aromatic heterocycles. The molecule has 3 rings (SSSR count). The van der Waals surface area contributed by atoms with Gasteiger partial charge >= 0.3 is 6.09 Å². The fourth-order valence-corrected chi connectivity index (χ4v) is 5.75. The van der Waals surface area contributed by atoms with Gasteiger partial charge in [-0.05, 0) is 43.2 Å². The number of benzene rings is 1. The molecule has 2 heterocycles. The van der Waals surface area contributed by atoms with Gasteiger partial charge in [0.2, 0.25) is 5.91 Å². The third-order valence-electron chi connectivity index (χ3n) is 4.72. The Bertz CT molecular complexity index is 1140. The molecule has 31 heavy (non-hydrogen) atoms. The number of thiophene rings is 1. The first kappa shape index (κ1) is 23.1. The summed E-state index contributed by atoms with van der Waals surface area (Å²) < 4.78 is 29.9. The summed E-state index contributed by atoms with van der Waals surface area (Å²) in [5.74, 6) is -0.876. The number of nitrogens with one attached hydrogen (secondary N) is 1. The van der Waals surface area contributed by atoms with Gasteiger partial charge in [-0.1, -0.05) is 11.6 Å². The van der Waals surface area contributed by atoms with Crippen LogP contribution in [-0.2, 0) is 32.3 Å². The van der Waals surface area contributed by atoms with E-state index in [0.29, 0.717) is 35.1 Å². The number of amides is 2. The lowest BCUT2D eigenvalue weighted by molar-refractivity contribution is -0.115. The number of carbonyl (C=O) groups excluding carboxylic acids is 2. The molecule has 0 aliphatic carbocycles. The largest absolute Gasteiger partial charge is 0.450 e. The van der Waals surface area contributed by atoms with Gasteiger partial charge in [-0.3, -0.25) is 4.79 Å². The highest BCUT2D eigenvalue weighted by Gasteiger charge is 2.28. The van der Waals surface area contributed by atoms with Crippen molar-refractivity contribution in [2.75, 3.05) is 24.2 Å². The van der Waals surface area contributed by atoms with E-state index in [4.69, 9.17) is 16.3 Å². The molecule has 2 aromatic rings. The topological polar surface area (TPSA) is 117 Å². The summed E-state index contributed by atoms with van der Waals surface area (Å²) in [5, 5.41) is 13.0. The Labute approximate surface area is 189 Å². The minimum atomic E-state index is -3.64. The number of fused-ring (bicyclic) bond motifs is 1. The fraction of sp³-hybridized carbons (Fsp3) is 0.350. The normalized spacial score (nSPS) is 13.3. The van der Waals surface area contributed by atoms with E-state index in [1.807, 2.05) is 0 Å². The van der Waals surface area contributed by atoms with E-state index in [1.54, 1.807) is 11.8 Å². The van der Waals surface area contributed by atoms with E-state index in [9.17, 15) is 23.3 Å². The van der Waals surface area contributed by atoms with Crippen molar-refractivity contribution in [1.82, 2.24) is 4.90 Å². The molecule has 164 valence electrons. The van der Waals surface area contributed by atoms with Gasteiger partial charge in [0.25, 0.3) is 0 Å². The Kier molecular flexibility index (Phi) is 7.20. The SMILES string of the molecule is CCOC(=O)N1CCc2c(sc(NC(=O)CCS(=O)(=O)c3ccc(Cl)cc3)c2C#N)C1. The average molecular weight is 482 g/mol. The van der Waals surface area contributed by atoms with Gasteiger partial charge in [0.05, 0.1) is 29.4 Å². The average Bonchev–Trinajstić information content (AvgIpc) is 3.08. The van der Waals surface area contributed by atoms with Crippen molar-refractivity contribution in [3.63, 3.8) is 0 Å².